The first-order valence-corrected chi connectivity index (χ1v) is 9.07. The number of amides is 1. The molecule has 5 nitrogen and oxygen atoms in total. The lowest BCUT2D eigenvalue weighted by Crippen LogP contribution is -2.05. The summed E-state index contributed by atoms with van der Waals surface area (Å²) in [5, 5.41) is 6.68. The van der Waals surface area contributed by atoms with Gasteiger partial charge in [0.05, 0.1) is 5.56 Å². The van der Waals surface area contributed by atoms with Crippen LogP contribution in [0.15, 0.2) is 71.5 Å². The zero-order chi connectivity index (χ0) is 20.4. The molecule has 0 spiro atoms. The van der Waals surface area contributed by atoms with E-state index in [0.717, 1.165) is 5.56 Å². The monoisotopic (exact) mass is 387 g/mol. The number of nitrogens with one attached hydrogen (secondary N) is 1. The number of halogens is 1. The first-order valence-electron chi connectivity index (χ1n) is 9.07. The van der Waals surface area contributed by atoms with E-state index >= 15 is 0 Å². The molecule has 2 aliphatic rings. The molecule has 2 aromatic heterocycles. The summed E-state index contributed by atoms with van der Waals surface area (Å²) in [6, 6.07) is 16.8. The summed E-state index contributed by atoms with van der Waals surface area (Å²) in [7, 11) is 0. The van der Waals surface area contributed by atoms with Crippen molar-refractivity contribution < 1.29 is 13.7 Å². The number of benzene rings is 2. The van der Waals surface area contributed by atoms with Crippen LogP contribution in [0.5, 0.6) is 0 Å². The highest BCUT2D eigenvalue weighted by atomic mass is 19.1. The molecule has 3 aromatic rings. The van der Waals surface area contributed by atoms with Crippen molar-refractivity contribution in [3.63, 3.8) is 0 Å². The van der Waals surface area contributed by atoms with Crippen LogP contribution >= 0.6 is 0 Å². The number of fused-ring (bicyclic) bond motifs is 1. The summed E-state index contributed by atoms with van der Waals surface area (Å²) in [5.41, 5.74) is 6.02. The fourth-order valence-corrected chi connectivity index (χ4v) is 2.99. The minimum absolute atomic E-state index is 0.251. The standard InChI is InChI=1S/C17H14FN3O2.C6H4/c1-10-9-13(3-4-14(10)18)16-15(12-5-7-19-8-6-12)17(23-21-16)20-11(2)22;1-2-5-4-6(5)3-1/h3-9H,1-2H3,(H,20,22);1-4H. The Morgan fingerprint density at radius 1 is 0.966 bits per heavy atom. The molecule has 0 bridgehead atoms. The van der Waals surface area contributed by atoms with Crippen LogP contribution in [-0.2, 0) is 4.79 Å². The number of anilines is 1. The van der Waals surface area contributed by atoms with E-state index in [9.17, 15) is 9.18 Å². The van der Waals surface area contributed by atoms with Crippen molar-refractivity contribution in [2.24, 2.45) is 0 Å². The molecule has 144 valence electrons. The van der Waals surface area contributed by atoms with Gasteiger partial charge in [0, 0.05) is 24.9 Å². The summed E-state index contributed by atoms with van der Waals surface area (Å²) >= 11 is 0. The number of hydrogen-bond donors (Lipinski definition) is 1. The van der Waals surface area contributed by atoms with Gasteiger partial charge in [-0.2, -0.15) is 0 Å². The molecule has 1 aromatic carbocycles. The zero-order valence-corrected chi connectivity index (χ0v) is 15.9. The van der Waals surface area contributed by atoms with Crippen molar-refractivity contribution in [1.82, 2.24) is 10.1 Å². The van der Waals surface area contributed by atoms with Gasteiger partial charge in [-0.3, -0.25) is 15.1 Å². The third kappa shape index (κ3) is 4.06. The molecule has 1 N–H and O–H groups in total. The maximum absolute atomic E-state index is 13.5. The highest BCUT2D eigenvalue weighted by Crippen LogP contribution is 2.38. The van der Waals surface area contributed by atoms with Gasteiger partial charge in [0.1, 0.15) is 11.5 Å². The Kier molecular flexibility index (Phi) is 4.91. The molecule has 0 fully saturated rings. The molecule has 5 rings (SSSR count). The quantitative estimate of drug-likeness (QED) is 0.445. The molecule has 0 saturated carbocycles. The van der Waals surface area contributed by atoms with Crippen LogP contribution in [0.4, 0.5) is 10.3 Å². The second-order valence-electron chi connectivity index (χ2n) is 6.70. The Hall–Kier alpha value is -3.80. The maximum Gasteiger partial charge on any atom is 0.239 e. The first kappa shape index (κ1) is 18.6. The summed E-state index contributed by atoms with van der Waals surface area (Å²) in [6.07, 6.45) is 3.28. The van der Waals surface area contributed by atoms with Gasteiger partial charge < -0.3 is 4.52 Å². The predicted molar refractivity (Wildman–Crippen MR) is 110 cm³/mol. The molecule has 2 aliphatic carbocycles. The average molecular weight is 387 g/mol. The van der Waals surface area contributed by atoms with Gasteiger partial charge in [-0.05, 0) is 65.6 Å². The summed E-state index contributed by atoms with van der Waals surface area (Å²) < 4.78 is 18.8. The van der Waals surface area contributed by atoms with Crippen LogP contribution in [0.3, 0.4) is 0 Å². The second-order valence-corrected chi connectivity index (χ2v) is 6.70. The van der Waals surface area contributed by atoms with Gasteiger partial charge >= 0.3 is 0 Å². The Labute approximate surface area is 167 Å². The van der Waals surface area contributed by atoms with Crippen LogP contribution < -0.4 is 5.32 Å². The largest absolute Gasteiger partial charge is 0.337 e. The number of aromatic nitrogens is 2. The molecule has 0 aliphatic heterocycles. The van der Waals surface area contributed by atoms with Crippen molar-refractivity contribution in [1.29, 1.82) is 0 Å². The van der Waals surface area contributed by atoms with Gasteiger partial charge in [-0.1, -0.05) is 23.4 Å². The van der Waals surface area contributed by atoms with E-state index in [1.54, 1.807) is 43.6 Å². The minimum Gasteiger partial charge on any atom is -0.337 e. The topological polar surface area (TPSA) is 68.0 Å². The van der Waals surface area contributed by atoms with Crippen molar-refractivity contribution in [3.05, 3.63) is 78.4 Å². The van der Waals surface area contributed by atoms with Crippen molar-refractivity contribution in [3.8, 4) is 33.5 Å². The summed E-state index contributed by atoms with van der Waals surface area (Å²) in [4.78, 5) is 15.4. The first-order chi connectivity index (χ1) is 14.0. The fourth-order valence-electron chi connectivity index (χ4n) is 2.99. The van der Waals surface area contributed by atoms with Crippen LogP contribution in [0, 0.1) is 12.7 Å². The molecule has 6 heteroatoms. The molecule has 0 saturated heterocycles. The number of rotatable bonds is 3. The molecule has 0 atom stereocenters. The van der Waals surface area contributed by atoms with E-state index in [2.05, 4.69) is 39.7 Å². The molecule has 2 heterocycles. The number of aryl methyl sites for hydroxylation is 1. The van der Waals surface area contributed by atoms with Crippen LogP contribution in [0.25, 0.3) is 33.5 Å². The lowest BCUT2D eigenvalue weighted by molar-refractivity contribution is -0.114. The number of carbonyl (C=O) groups excluding carboxylic acids is 1. The zero-order valence-electron chi connectivity index (χ0n) is 15.9. The van der Waals surface area contributed by atoms with E-state index in [4.69, 9.17) is 4.52 Å². The van der Waals surface area contributed by atoms with Crippen molar-refractivity contribution in [2.45, 2.75) is 13.8 Å². The third-order valence-corrected chi connectivity index (χ3v) is 4.49. The van der Waals surface area contributed by atoms with E-state index < -0.39 is 0 Å². The highest BCUT2D eigenvalue weighted by Gasteiger charge is 2.20. The van der Waals surface area contributed by atoms with Crippen LogP contribution in [0.1, 0.15) is 12.5 Å². The molecule has 1 amide bonds. The highest BCUT2D eigenvalue weighted by molar-refractivity contribution is 5.96. The SMILES string of the molecule is CC(=O)Nc1onc(-c2ccc(F)c(C)c2)c1-c1ccncc1.c1cc2cc-2c1. The molecular weight excluding hydrogens is 369 g/mol. The molecule has 29 heavy (non-hydrogen) atoms. The predicted octanol–water partition coefficient (Wildman–Crippen LogP) is 5.48. The Morgan fingerprint density at radius 2 is 1.69 bits per heavy atom. The number of carbonyl (C=O) groups is 1. The molecule has 0 unspecified atom stereocenters. The molecular formula is C23H18FN3O2. The normalized spacial score (nSPS) is 10.7. The van der Waals surface area contributed by atoms with Crippen LogP contribution in [0.2, 0.25) is 0 Å². The van der Waals surface area contributed by atoms with Crippen molar-refractivity contribution >= 4 is 11.8 Å². The number of hydrogen-bond acceptors (Lipinski definition) is 4. The second kappa shape index (κ2) is 7.67. The van der Waals surface area contributed by atoms with E-state index in [1.165, 1.54) is 24.1 Å². The van der Waals surface area contributed by atoms with Gasteiger partial charge in [0.25, 0.3) is 0 Å². The number of pyridine rings is 1. The maximum atomic E-state index is 13.5. The Bertz CT molecular complexity index is 1170. The smallest absolute Gasteiger partial charge is 0.239 e. The average Bonchev–Trinajstić information content (AvgIpc) is 3.10. The van der Waals surface area contributed by atoms with Gasteiger partial charge in [-0.25, -0.2) is 4.39 Å². The van der Waals surface area contributed by atoms with Gasteiger partial charge in [0.2, 0.25) is 11.8 Å². The van der Waals surface area contributed by atoms with Gasteiger partial charge in [0.15, 0.2) is 0 Å². The minimum atomic E-state index is -0.287. The Balaban J connectivity index is 0.000000286. The van der Waals surface area contributed by atoms with E-state index in [1.807, 2.05) is 0 Å². The summed E-state index contributed by atoms with van der Waals surface area (Å²) in [5.74, 6) is -0.302. The third-order valence-electron chi connectivity index (χ3n) is 4.49. The Morgan fingerprint density at radius 3 is 2.24 bits per heavy atom. The lowest BCUT2D eigenvalue weighted by atomic mass is 10.0. The lowest BCUT2D eigenvalue weighted by Gasteiger charge is -2.05. The number of nitrogens with zero attached hydrogens (tertiary/aromatic N) is 2. The van der Waals surface area contributed by atoms with Crippen LogP contribution in [-0.4, -0.2) is 16.0 Å². The van der Waals surface area contributed by atoms with E-state index in [-0.39, 0.29) is 17.6 Å². The van der Waals surface area contributed by atoms with Gasteiger partial charge in [-0.15, -0.1) is 0 Å². The summed E-state index contributed by atoms with van der Waals surface area (Å²) in [6.45, 7) is 3.07. The van der Waals surface area contributed by atoms with Crippen molar-refractivity contribution in [2.75, 3.05) is 5.32 Å². The fraction of sp³-hybridized carbons (Fsp3) is 0.0870. The van der Waals surface area contributed by atoms with E-state index in [0.29, 0.717) is 22.4 Å². The molecule has 0 radical (unpaired) electrons.